The summed E-state index contributed by atoms with van der Waals surface area (Å²) < 4.78 is 9.34. The van der Waals surface area contributed by atoms with Crippen LogP contribution in [0.25, 0.3) is 12.2 Å². The van der Waals surface area contributed by atoms with E-state index < -0.39 is 12.3 Å². The van der Waals surface area contributed by atoms with Gasteiger partial charge < -0.3 is 19.7 Å². The van der Waals surface area contributed by atoms with Crippen LogP contribution < -0.4 is 9.47 Å². The average molecular weight is 300 g/mol. The molecular weight excluding hydrogens is 288 g/mol. The van der Waals surface area contributed by atoms with Crippen LogP contribution in [0.4, 0.5) is 9.59 Å². The van der Waals surface area contributed by atoms with Crippen molar-refractivity contribution in [2.75, 3.05) is 0 Å². The number of hydrogen-bond donors (Lipinski definition) is 2. The van der Waals surface area contributed by atoms with Crippen molar-refractivity contribution >= 4 is 24.5 Å². The molecule has 2 aromatic rings. The van der Waals surface area contributed by atoms with E-state index in [9.17, 15) is 9.59 Å². The number of rotatable bonds is 4. The molecule has 22 heavy (non-hydrogen) atoms. The van der Waals surface area contributed by atoms with E-state index in [0.29, 0.717) is 11.1 Å². The number of carbonyl (C=O) groups is 2. The molecule has 2 rings (SSSR count). The Morgan fingerprint density at radius 2 is 1.09 bits per heavy atom. The van der Waals surface area contributed by atoms with Crippen LogP contribution in [0.2, 0.25) is 0 Å². The number of benzene rings is 2. The van der Waals surface area contributed by atoms with Gasteiger partial charge >= 0.3 is 12.3 Å². The van der Waals surface area contributed by atoms with E-state index in [1.807, 2.05) is 0 Å². The summed E-state index contributed by atoms with van der Waals surface area (Å²) in [6, 6.07) is 13.2. The molecule has 0 amide bonds. The first-order valence-corrected chi connectivity index (χ1v) is 6.24. The van der Waals surface area contributed by atoms with Crippen LogP contribution in [0, 0.1) is 0 Å². The second kappa shape index (κ2) is 6.94. The summed E-state index contributed by atoms with van der Waals surface area (Å²) in [4.78, 5) is 21.3. The van der Waals surface area contributed by atoms with Gasteiger partial charge in [0.15, 0.2) is 0 Å². The van der Waals surface area contributed by atoms with Gasteiger partial charge in [0.1, 0.15) is 11.5 Å². The Hall–Kier alpha value is -3.28. The summed E-state index contributed by atoms with van der Waals surface area (Å²) in [6.45, 7) is 0. The molecule has 0 aliphatic rings. The third-order valence-electron chi connectivity index (χ3n) is 2.68. The summed E-state index contributed by atoms with van der Waals surface area (Å²) in [5, 5.41) is 17.4. The van der Waals surface area contributed by atoms with Crippen LogP contribution in [-0.2, 0) is 0 Å². The third-order valence-corrected chi connectivity index (χ3v) is 2.68. The number of ether oxygens (including phenoxy) is 2. The highest BCUT2D eigenvalue weighted by Crippen LogP contribution is 2.24. The fourth-order valence-electron chi connectivity index (χ4n) is 1.79. The van der Waals surface area contributed by atoms with E-state index in [2.05, 4.69) is 9.47 Å². The molecule has 0 fully saturated rings. The fraction of sp³-hybridized carbons (Fsp3) is 0. The highest BCUT2D eigenvalue weighted by molar-refractivity contribution is 5.77. The molecule has 0 unspecified atom stereocenters. The summed E-state index contributed by atoms with van der Waals surface area (Å²) in [6.07, 6.45) is 0.413. The minimum absolute atomic E-state index is 0.183. The lowest BCUT2D eigenvalue weighted by atomic mass is 10.1. The quantitative estimate of drug-likeness (QED) is 0.504. The fourth-order valence-corrected chi connectivity index (χ4v) is 1.79. The molecule has 0 aliphatic carbocycles. The van der Waals surface area contributed by atoms with E-state index in [4.69, 9.17) is 10.2 Å². The van der Waals surface area contributed by atoms with Crippen molar-refractivity contribution < 1.29 is 29.3 Å². The predicted octanol–water partition coefficient (Wildman–Crippen LogP) is 3.97. The molecule has 0 saturated carbocycles. The summed E-state index contributed by atoms with van der Waals surface area (Å²) in [5.74, 6) is 0.366. The van der Waals surface area contributed by atoms with Gasteiger partial charge in [-0.2, -0.15) is 0 Å². The summed E-state index contributed by atoms with van der Waals surface area (Å²) in [7, 11) is 0. The topological polar surface area (TPSA) is 93.1 Å². The molecule has 0 aromatic heterocycles. The molecule has 0 saturated heterocycles. The van der Waals surface area contributed by atoms with Crippen molar-refractivity contribution in [2.45, 2.75) is 0 Å². The van der Waals surface area contributed by atoms with Gasteiger partial charge in [-0.15, -0.1) is 0 Å². The van der Waals surface area contributed by atoms with Crippen molar-refractivity contribution in [1.82, 2.24) is 0 Å². The van der Waals surface area contributed by atoms with Gasteiger partial charge in [0.25, 0.3) is 0 Å². The highest BCUT2D eigenvalue weighted by Gasteiger charge is 2.07. The van der Waals surface area contributed by atoms with Crippen molar-refractivity contribution in [3.8, 4) is 11.5 Å². The van der Waals surface area contributed by atoms with Crippen molar-refractivity contribution in [2.24, 2.45) is 0 Å². The first-order chi connectivity index (χ1) is 10.6. The molecule has 0 heterocycles. The van der Waals surface area contributed by atoms with Crippen LogP contribution in [0.15, 0.2) is 48.5 Å². The zero-order chi connectivity index (χ0) is 15.9. The summed E-state index contributed by atoms with van der Waals surface area (Å²) in [5.41, 5.74) is 1.07. The van der Waals surface area contributed by atoms with Crippen LogP contribution in [-0.4, -0.2) is 22.5 Å². The SMILES string of the molecule is O=C(O)Oc1ccccc1C=Cc1ccccc1OC(=O)O. The van der Waals surface area contributed by atoms with E-state index in [1.54, 1.807) is 48.6 Å². The van der Waals surface area contributed by atoms with E-state index in [1.165, 1.54) is 12.1 Å². The maximum absolute atomic E-state index is 10.6. The van der Waals surface area contributed by atoms with Gasteiger partial charge in [0, 0.05) is 11.1 Å². The Kier molecular flexibility index (Phi) is 4.77. The Balaban J connectivity index is 2.29. The molecule has 112 valence electrons. The molecule has 2 aromatic carbocycles. The second-order valence-corrected chi connectivity index (χ2v) is 4.14. The Labute approximate surface area is 125 Å². The van der Waals surface area contributed by atoms with E-state index in [-0.39, 0.29) is 11.5 Å². The van der Waals surface area contributed by atoms with Gasteiger partial charge in [-0.1, -0.05) is 48.6 Å². The number of carboxylic acid groups (broad SMARTS) is 2. The van der Waals surface area contributed by atoms with Crippen LogP contribution in [0.3, 0.4) is 0 Å². The first-order valence-electron chi connectivity index (χ1n) is 6.24. The minimum Gasteiger partial charge on any atom is -0.449 e. The Morgan fingerprint density at radius 1 is 0.727 bits per heavy atom. The van der Waals surface area contributed by atoms with Crippen molar-refractivity contribution in [3.05, 3.63) is 59.7 Å². The lowest BCUT2D eigenvalue weighted by Crippen LogP contribution is -2.04. The van der Waals surface area contributed by atoms with Crippen molar-refractivity contribution in [3.63, 3.8) is 0 Å². The van der Waals surface area contributed by atoms with Crippen LogP contribution >= 0.6 is 0 Å². The monoisotopic (exact) mass is 300 g/mol. The van der Waals surface area contributed by atoms with E-state index >= 15 is 0 Å². The molecule has 6 heteroatoms. The Bertz CT molecular complexity index is 659. The van der Waals surface area contributed by atoms with E-state index in [0.717, 1.165) is 0 Å². The molecule has 2 N–H and O–H groups in total. The van der Waals surface area contributed by atoms with Gasteiger partial charge in [0.05, 0.1) is 0 Å². The first kappa shape index (κ1) is 15.1. The molecule has 0 aliphatic heterocycles. The van der Waals surface area contributed by atoms with Crippen LogP contribution in [0.1, 0.15) is 11.1 Å². The smallest absolute Gasteiger partial charge is 0.449 e. The normalized spacial score (nSPS) is 10.4. The Morgan fingerprint density at radius 3 is 1.45 bits per heavy atom. The predicted molar refractivity (Wildman–Crippen MR) is 79.1 cm³/mol. The average Bonchev–Trinajstić information content (AvgIpc) is 2.46. The lowest BCUT2D eigenvalue weighted by Gasteiger charge is -2.05. The molecule has 0 atom stereocenters. The highest BCUT2D eigenvalue weighted by atomic mass is 16.7. The van der Waals surface area contributed by atoms with Crippen molar-refractivity contribution in [1.29, 1.82) is 0 Å². The minimum atomic E-state index is -1.41. The molecule has 0 spiro atoms. The number of hydrogen-bond acceptors (Lipinski definition) is 4. The maximum Gasteiger partial charge on any atom is 0.511 e. The van der Waals surface area contributed by atoms with Gasteiger partial charge in [-0.25, -0.2) is 9.59 Å². The molecule has 0 bridgehead atoms. The standard InChI is InChI=1S/C16H12O6/c17-15(18)21-13-7-3-1-5-11(13)9-10-12-6-2-4-8-14(12)22-16(19)20/h1-10H,(H,17,18)(H,19,20). The van der Waals surface area contributed by atoms with Gasteiger partial charge in [0.2, 0.25) is 0 Å². The molecular formula is C16H12O6. The van der Waals surface area contributed by atoms with Crippen LogP contribution in [0.5, 0.6) is 11.5 Å². The maximum atomic E-state index is 10.6. The largest absolute Gasteiger partial charge is 0.511 e. The van der Waals surface area contributed by atoms with Gasteiger partial charge in [-0.3, -0.25) is 0 Å². The zero-order valence-electron chi connectivity index (χ0n) is 11.3. The third kappa shape index (κ3) is 4.11. The molecule has 0 radical (unpaired) electrons. The zero-order valence-corrected chi connectivity index (χ0v) is 11.3. The lowest BCUT2D eigenvalue weighted by molar-refractivity contribution is 0.143. The molecule has 6 nitrogen and oxygen atoms in total. The summed E-state index contributed by atoms with van der Waals surface area (Å²) >= 11 is 0. The second-order valence-electron chi connectivity index (χ2n) is 4.14. The van der Waals surface area contributed by atoms with Gasteiger partial charge in [-0.05, 0) is 12.1 Å². The number of para-hydroxylation sites is 2.